The van der Waals surface area contributed by atoms with Crippen LogP contribution in [0.4, 0.5) is 0 Å². The zero-order chi connectivity index (χ0) is 38.7. The Labute approximate surface area is 331 Å². The Morgan fingerprint density at radius 3 is 2.42 bits per heavy atom. The molecular weight excluding hydrogens is 732 g/mol. The number of aromatic amines is 1. The van der Waals surface area contributed by atoms with Gasteiger partial charge in [-0.15, -0.1) is 0 Å². The molecule has 5 aromatic rings. The number of benzene rings is 3. The molecule has 2 aromatic heterocycles. The van der Waals surface area contributed by atoms with Crippen molar-refractivity contribution in [1.29, 1.82) is 0 Å². The van der Waals surface area contributed by atoms with Crippen molar-refractivity contribution in [3.63, 3.8) is 0 Å². The lowest BCUT2D eigenvalue weighted by Gasteiger charge is -2.32. The van der Waals surface area contributed by atoms with Crippen molar-refractivity contribution in [3.8, 4) is 11.1 Å². The summed E-state index contributed by atoms with van der Waals surface area (Å²) >= 11 is 8.43. The van der Waals surface area contributed by atoms with Gasteiger partial charge in [0.15, 0.2) is 0 Å². The highest BCUT2D eigenvalue weighted by Crippen LogP contribution is 2.41. The number of amides is 3. The van der Waals surface area contributed by atoms with Gasteiger partial charge < -0.3 is 37.3 Å². The fourth-order valence-electron chi connectivity index (χ4n) is 7.03. The Balaban J connectivity index is 1.46. The van der Waals surface area contributed by atoms with Crippen LogP contribution in [0.2, 0.25) is 5.02 Å². The van der Waals surface area contributed by atoms with E-state index in [1.807, 2.05) is 85.1 Å². The van der Waals surface area contributed by atoms with Gasteiger partial charge in [0.25, 0.3) is 0 Å². The largest absolute Gasteiger partial charge is 0.361 e. The number of nitrogens with one attached hydrogen (secondary N) is 4. The minimum atomic E-state index is -0.916. The third-order valence-corrected chi connectivity index (χ3v) is 11.8. The number of carbonyl (C=O) groups is 3. The number of carbonyl (C=O) groups excluding carboxylic acids is 3. The number of aromatic nitrogens is 2. The molecule has 0 fully saturated rings. The highest BCUT2D eigenvalue weighted by atomic mass is 35.5. The van der Waals surface area contributed by atoms with Gasteiger partial charge >= 0.3 is 0 Å². The number of unbranched alkanes of at least 4 members (excludes halogenated alkanes) is 1. The highest BCUT2D eigenvalue weighted by Gasteiger charge is 2.34. The van der Waals surface area contributed by atoms with Gasteiger partial charge in [-0.1, -0.05) is 84.0 Å². The molecule has 1 aliphatic rings. The van der Waals surface area contributed by atoms with Gasteiger partial charge in [0, 0.05) is 54.8 Å². The van der Waals surface area contributed by atoms with E-state index in [4.69, 9.17) is 28.1 Å². The van der Waals surface area contributed by atoms with Crippen LogP contribution in [0.3, 0.4) is 0 Å². The maximum Gasteiger partial charge on any atom is 0.245 e. The van der Waals surface area contributed by atoms with Crippen molar-refractivity contribution in [1.82, 2.24) is 30.8 Å². The average Bonchev–Trinajstić information content (AvgIpc) is 3.62. The molecular formula is C42H49ClN8O3S. The number of H-pyrrole nitrogens is 1. The standard InChI is InChI=1S/C42H49ClN8O3S/c1-51-37(23-29-25-47-34-15-6-5-14-31(29)34)40(53)49-26-32-30(27-11-3-2-4-12-27)18-19-33(43)38(32)55-41-28(13-10-22-46-41)24-48-35(17-9-21-45)39(52)50-36(42(51)54)16-7-8-20-44/h2-6,10-15,18-19,22,25,35-37,47-48H,7-9,16-17,20-21,23-24,26,44-45H2,1H3,(H,49,53)(H,50,52)/t35-,36?,37-/m0/s1. The van der Waals surface area contributed by atoms with Crippen LogP contribution in [0.5, 0.6) is 0 Å². The van der Waals surface area contributed by atoms with E-state index in [1.165, 1.54) is 16.7 Å². The number of rotatable bonds is 10. The summed E-state index contributed by atoms with van der Waals surface area (Å²) in [5.41, 5.74) is 17.1. The first-order chi connectivity index (χ1) is 26.8. The highest BCUT2D eigenvalue weighted by molar-refractivity contribution is 7.99. The van der Waals surface area contributed by atoms with E-state index in [-0.39, 0.29) is 30.7 Å². The van der Waals surface area contributed by atoms with E-state index in [9.17, 15) is 14.4 Å². The fourth-order valence-corrected chi connectivity index (χ4v) is 8.37. The maximum atomic E-state index is 14.6. The quantitative estimate of drug-likeness (QED) is 0.100. The van der Waals surface area contributed by atoms with Gasteiger partial charge in [-0.25, -0.2) is 4.98 Å². The number of nitrogens with two attached hydrogens (primary N) is 2. The predicted molar refractivity (Wildman–Crippen MR) is 219 cm³/mol. The van der Waals surface area contributed by atoms with Crippen molar-refractivity contribution in [2.24, 2.45) is 11.5 Å². The number of halogens is 1. The molecule has 0 radical (unpaired) electrons. The molecule has 8 N–H and O–H groups in total. The molecule has 3 heterocycles. The van der Waals surface area contributed by atoms with Crippen LogP contribution in [-0.2, 0) is 33.9 Å². The van der Waals surface area contributed by atoms with E-state index < -0.39 is 18.1 Å². The van der Waals surface area contributed by atoms with Crippen molar-refractivity contribution in [2.45, 2.75) is 79.7 Å². The summed E-state index contributed by atoms with van der Waals surface area (Å²) in [6, 6.07) is 23.1. The number of hydrogen-bond acceptors (Lipinski definition) is 8. The first-order valence-electron chi connectivity index (χ1n) is 18.8. The Morgan fingerprint density at radius 1 is 0.855 bits per heavy atom. The molecule has 13 heteroatoms. The summed E-state index contributed by atoms with van der Waals surface area (Å²) in [5.74, 6) is -1.01. The van der Waals surface area contributed by atoms with Crippen molar-refractivity contribution < 1.29 is 14.4 Å². The molecule has 0 bridgehead atoms. The molecule has 3 atom stereocenters. The summed E-state index contributed by atoms with van der Waals surface area (Å²) in [6.45, 7) is 1.33. The van der Waals surface area contributed by atoms with Crippen LogP contribution in [0, 0.1) is 0 Å². The number of nitrogens with zero attached hydrogens (tertiary/aromatic N) is 2. The van der Waals surface area contributed by atoms with Crippen LogP contribution in [-0.4, -0.2) is 70.9 Å². The van der Waals surface area contributed by atoms with Gasteiger partial charge in [0.2, 0.25) is 17.7 Å². The summed E-state index contributed by atoms with van der Waals surface area (Å²) in [6.07, 6.45) is 6.59. The summed E-state index contributed by atoms with van der Waals surface area (Å²) in [5, 5.41) is 11.9. The normalized spacial score (nSPS) is 18.7. The van der Waals surface area contributed by atoms with Crippen LogP contribution < -0.4 is 27.4 Å². The number of hydrogen-bond donors (Lipinski definition) is 6. The second-order valence-electron chi connectivity index (χ2n) is 13.8. The van der Waals surface area contributed by atoms with Gasteiger partial charge in [-0.3, -0.25) is 14.4 Å². The average molecular weight is 781 g/mol. The van der Waals surface area contributed by atoms with E-state index in [2.05, 4.69) is 20.9 Å². The number of pyridine rings is 1. The molecule has 1 unspecified atom stereocenters. The number of para-hydroxylation sites is 1. The Bertz CT molecular complexity index is 2090. The minimum absolute atomic E-state index is 0.136. The van der Waals surface area contributed by atoms with E-state index in [0.717, 1.165) is 43.6 Å². The Kier molecular flexibility index (Phi) is 14.0. The molecule has 6 rings (SSSR count). The minimum Gasteiger partial charge on any atom is -0.361 e. The SMILES string of the molecule is CN1C(=O)C(CCCCN)NC(=O)[C@H](CCCN)NCc2cccnc2Sc2c(Cl)ccc(-c3ccccc3)c2CNC(=O)[C@@H]1Cc1c[nH]c2ccccc12. The molecule has 0 saturated heterocycles. The first kappa shape index (κ1) is 40.0. The van der Waals surface area contributed by atoms with Crippen molar-refractivity contribution in [2.75, 3.05) is 20.1 Å². The predicted octanol–water partition coefficient (Wildman–Crippen LogP) is 5.54. The summed E-state index contributed by atoms with van der Waals surface area (Å²) < 4.78 is 0. The summed E-state index contributed by atoms with van der Waals surface area (Å²) in [4.78, 5) is 53.6. The molecule has 0 aliphatic carbocycles. The lowest BCUT2D eigenvalue weighted by Crippen LogP contribution is -2.57. The smallest absolute Gasteiger partial charge is 0.245 e. The lowest BCUT2D eigenvalue weighted by atomic mass is 9.98. The molecule has 3 amide bonds. The molecule has 0 spiro atoms. The Hall–Kier alpha value is -4.72. The van der Waals surface area contributed by atoms with Crippen LogP contribution in [0.1, 0.15) is 48.8 Å². The maximum absolute atomic E-state index is 14.6. The van der Waals surface area contributed by atoms with Gasteiger partial charge in [-0.2, -0.15) is 0 Å². The zero-order valence-electron chi connectivity index (χ0n) is 31.0. The second-order valence-corrected chi connectivity index (χ2v) is 15.2. The molecule has 55 heavy (non-hydrogen) atoms. The van der Waals surface area contributed by atoms with Crippen LogP contribution in [0.15, 0.2) is 101 Å². The second kappa shape index (κ2) is 19.2. The molecule has 1 aliphatic heterocycles. The van der Waals surface area contributed by atoms with Crippen LogP contribution >= 0.6 is 23.4 Å². The fraction of sp³-hybridized carbons (Fsp3) is 0.333. The van der Waals surface area contributed by atoms with Gasteiger partial charge in [-0.05, 0) is 91.2 Å². The lowest BCUT2D eigenvalue weighted by molar-refractivity contribution is -0.142. The van der Waals surface area contributed by atoms with Crippen LogP contribution in [0.25, 0.3) is 22.0 Å². The zero-order valence-corrected chi connectivity index (χ0v) is 32.6. The molecule has 0 saturated carbocycles. The molecule has 11 nitrogen and oxygen atoms in total. The first-order valence-corrected chi connectivity index (χ1v) is 20.0. The van der Waals surface area contributed by atoms with Crippen molar-refractivity contribution >= 4 is 52.0 Å². The Morgan fingerprint density at radius 2 is 1.62 bits per heavy atom. The van der Waals surface area contributed by atoms with Crippen molar-refractivity contribution in [3.05, 3.63) is 113 Å². The number of fused-ring (bicyclic) bond motifs is 3. The van der Waals surface area contributed by atoms with Gasteiger partial charge in [0.05, 0.1) is 11.1 Å². The molecule has 3 aromatic carbocycles. The molecule has 288 valence electrons. The van der Waals surface area contributed by atoms with E-state index in [0.29, 0.717) is 61.8 Å². The third kappa shape index (κ3) is 9.75. The van der Waals surface area contributed by atoms with E-state index in [1.54, 1.807) is 13.2 Å². The van der Waals surface area contributed by atoms with E-state index >= 15 is 0 Å². The monoisotopic (exact) mass is 780 g/mol. The summed E-state index contributed by atoms with van der Waals surface area (Å²) in [7, 11) is 1.64. The topological polar surface area (TPSA) is 171 Å². The van der Waals surface area contributed by atoms with Gasteiger partial charge in [0.1, 0.15) is 17.1 Å². The number of likely N-dealkylation sites (N-methyl/N-ethyl adjacent to an activating group) is 1. The third-order valence-electron chi connectivity index (χ3n) is 10.1.